The fraction of sp³-hybridized carbons (Fsp3) is 0.571. The van der Waals surface area contributed by atoms with Gasteiger partial charge in [0.15, 0.2) is 0 Å². The highest BCUT2D eigenvalue weighted by molar-refractivity contribution is 7.16. The van der Waals surface area contributed by atoms with Crippen LogP contribution in [0.2, 0.25) is 0 Å². The average molecular weight is 309 g/mol. The number of hydrogen-bond donors (Lipinski definition) is 2. The second-order valence-corrected chi connectivity index (χ2v) is 6.73. The summed E-state index contributed by atoms with van der Waals surface area (Å²) in [5.74, 6) is 0. The van der Waals surface area contributed by atoms with Gasteiger partial charge in [-0.3, -0.25) is 5.32 Å². The fourth-order valence-electron chi connectivity index (χ4n) is 2.20. The highest BCUT2D eigenvalue weighted by Crippen LogP contribution is 2.39. The summed E-state index contributed by atoms with van der Waals surface area (Å²) in [5.41, 5.74) is 1.20. The molecule has 2 N–H and O–H groups in total. The number of aliphatic hydroxyl groups excluding tert-OH is 1. The molecule has 6 nitrogen and oxygen atoms in total. The Morgan fingerprint density at radius 1 is 1.62 bits per heavy atom. The van der Waals surface area contributed by atoms with Crippen molar-refractivity contribution in [2.45, 2.75) is 32.5 Å². The van der Waals surface area contributed by atoms with E-state index in [9.17, 15) is 10.1 Å². The molecule has 0 unspecified atom stereocenters. The number of anilines is 1. The summed E-state index contributed by atoms with van der Waals surface area (Å²) in [6.07, 6.45) is 0.657. The molecular weight excluding hydrogens is 290 g/mol. The van der Waals surface area contributed by atoms with Crippen LogP contribution >= 0.6 is 11.3 Å². The number of carbonyl (C=O) groups excluding carboxylic acids is 1. The molecule has 7 heteroatoms. The molecular formula is C14H19N3O3S. The number of nitrogens with one attached hydrogen (secondary N) is 1. The number of nitrogens with zero attached hydrogens (tertiary/aromatic N) is 2. The largest absolute Gasteiger partial charge is 0.395 e. The van der Waals surface area contributed by atoms with Gasteiger partial charge in [-0.2, -0.15) is 5.26 Å². The van der Waals surface area contributed by atoms with E-state index in [0.717, 1.165) is 10.4 Å². The van der Waals surface area contributed by atoms with Gasteiger partial charge in [-0.05, 0) is 19.4 Å². The second kappa shape index (κ2) is 6.02. The van der Waals surface area contributed by atoms with Crippen molar-refractivity contribution in [3.63, 3.8) is 0 Å². The summed E-state index contributed by atoms with van der Waals surface area (Å²) in [6.45, 7) is 4.58. The lowest BCUT2D eigenvalue weighted by Gasteiger charge is -2.29. The summed E-state index contributed by atoms with van der Waals surface area (Å²) in [7, 11) is 1.59. The van der Waals surface area contributed by atoms with E-state index >= 15 is 0 Å². The maximum atomic E-state index is 12.0. The highest BCUT2D eigenvalue weighted by atomic mass is 32.1. The summed E-state index contributed by atoms with van der Waals surface area (Å²) < 4.78 is 5.74. The first kappa shape index (κ1) is 15.8. The molecule has 2 rings (SSSR count). The van der Waals surface area contributed by atoms with Crippen molar-refractivity contribution >= 4 is 22.4 Å². The van der Waals surface area contributed by atoms with Gasteiger partial charge in [-0.15, -0.1) is 11.3 Å². The van der Waals surface area contributed by atoms with Gasteiger partial charge in [0.25, 0.3) is 0 Å². The maximum Gasteiger partial charge on any atom is 0.322 e. The van der Waals surface area contributed by atoms with Crippen molar-refractivity contribution in [1.82, 2.24) is 4.90 Å². The number of fused-ring (bicyclic) bond motifs is 1. The lowest BCUT2D eigenvalue weighted by Crippen LogP contribution is -2.33. The molecule has 114 valence electrons. The molecule has 21 heavy (non-hydrogen) atoms. The summed E-state index contributed by atoms with van der Waals surface area (Å²) in [4.78, 5) is 14.3. The lowest BCUT2D eigenvalue weighted by atomic mass is 9.93. The van der Waals surface area contributed by atoms with Gasteiger partial charge in [-0.1, -0.05) is 0 Å². The van der Waals surface area contributed by atoms with Gasteiger partial charge in [0.1, 0.15) is 11.1 Å². The van der Waals surface area contributed by atoms with Crippen molar-refractivity contribution in [2.24, 2.45) is 0 Å². The second-order valence-electron chi connectivity index (χ2n) is 5.62. The van der Waals surface area contributed by atoms with Crippen LogP contribution in [0.1, 0.15) is 29.9 Å². The van der Waals surface area contributed by atoms with Crippen LogP contribution in [-0.2, 0) is 17.8 Å². The number of amides is 2. The molecule has 0 spiro atoms. The van der Waals surface area contributed by atoms with E-state index in [1.165, 1.54) is 16.2 Å². The fourth-order valence-corrected chi connectivity index (χ4v) is 3.27. The van der Waals surface area contributed by atoms with Crippen LogP contribution in [0, 0.1) is 11.3 Å². The average Bonchev–Trinajstić information content (AvgIpc) is 2.74. The zero-order chi connectivity index (χ0) is 15.6. The number of thiophene rings is 1. The van der Waals surface area contributed by atoms with Gasteiger partial charge in [0.2, 0.25) is 0 Å². The molecule has 0 atom stereocenters. The Kier molecular flexibility index (Phi) is 4.52. The third kappa shape index (κ3) is 3.35. The summed E-state index contributed by atoms with van der Waals surface area (Å²) >= 11 is 1.38. The number of likely N-dealkylation sites (N-methyl/N-ethyl adjacent to an activating group) is 1. The van der Waals surface area contributed by atoms with Crippen molar-refractivity contribution in [3.05, 3.63) is 16.0 Å². The van der Waals surface area contributed by atoms with Gasteiger partial charge in [0, 0.05) is 24.9 Å². The Morgan fingerprint density at radius 3 is 2.95 bits per heavy atom. The van der Waals surface area contributed by atoms with Crippen LogP contribution in [0.25, 0.3) is 0 Å². The third-order valence-electron chi connectivity index (χ3n) is 3.40. The molecule has 0 saturated carbocycles. The van der Waals surface area contributed by atoms with Crippen molar-refractivity contribution < 1.29 is 14.6 Å². The molecule has 0 saturated heterocycles. The van der Waals surface area contributed by atoms with Crippen molar-refractivity contribution in [2.75, 3.05) is 25.5 Å². The number of aliphatic hydroxyl groups is 1. The molecule has 1 aromatic rings. The smallest absolute Gasteiger partial charge is 0.322 e. The van der Waals surface area contributed by atoms with E-state index in [1.54, 1.807) is 7.05 Å². The van der Waals surface area contributed by atoms with E-state index < -0.39 is 0 Å². The third-order valence-corrected chi connectivity index (χ3v) is 4.52. The first-order valence-corrected chi connectivity index (χ1v) is 7.51. The van der Waals surface area contributed by atoms with Gasteiger partial charge in [0.05, 0.1) is 24.4 Å². The zero-order valence-corrected chi connectivity index (χ0v) is 13.2. The summed E-state index contributed by atoms with van der Waals surface area (Å²) in [6, 6.07) is 1.86. The van der Waals surface area contributed by atoms with Crippen LogP contribution in [0.3, 0.4) is 0 Å². The predicted octanol–water partition coefficient (Wildman–Crippen LogP) is 1.93. The Morgan fingerprint density at radius 2 is 2.33 bits per heavy atom. The minimum atomic E-state index is -0.334. The van der Waals surface area contributed by atoms with Crippen molar-refractivity contribution in [1.29, 1.82) is 5.26 Å². The molecule has 1 aliphatic rings. The minimum absolute atomic E-state index is 0.0992. The van der Waals surface area contributed by atoms with E-state index in [2.05, 4.69) is 11.4 Å². The van der Waals surface area contributed by atoms with Crippen LogP contribution in [0.4, 0.5) is 9.80 Å². The van der Waals surface area contributed by atoms with E-state index in [1.807, 2.05) is 13.8 Å². The topological polar surface area (TPSA) is 85.6 Å². The molecule has 1 aromatic heterocycles. The standard InChI is InChI=1S/C14H19N3O3S/c1-14(2)6-9-10(7-15)12(21-11(9)8-20-14)16-13(19)17(3)4-5-18/h18H,4-6,8H2,1-3H3,(H,16,19). The summed E-state index contributed by atoms with van der Waals surface area (Å²) in [5, 5.41) is 21.6. The normalized spacial score (nSPS) is 16.0. The van der Waals surface area contributed by atoms with Gasteiger partial charge >= 0.3 is 6.03 Å². The maximum absolute atomic E-state index is 12.0. The van der Waals surface area contributed by atoms with E-state index in [-0.39, 0.29) is 24.8 Å². The number of urea groups is 1. The molecule has 0 fully saturated rings. The minimum Gasteiger partial charge on any atom is -0.395 e. The van der Waals surface area contributed by atoms with E-state index in [4.69, 9.17) is 9.84 Å². The molecule has 1 aliphatic heterocycles. The van der Waals surface area contributed by atoms with Crippen LogP contribution in [0.5, 0.6) is 0 Å². The molecule has 0 aromatic carbocycles. The van der Waals surface area contributed by atoms with Gasteiger partial charge in [-0.25, -0.2) is 4.79 Å². The van der Waals surface area contributed by atoms with Gasteiger partial charge < -0.3 is 14.7 Å². The number of nitriles is 1. The zero-order valence-electron chi connectivity index (χ0n) is 12.4. The molecule has 2 amide bonds. The number of rotatable bonds is 3. The van der Waals surface area contributed by atoms with Crippen molar-refractivity contribution in [3.8, 4) is 6.07 Å². The molecule has 0 radical (unpaired) electrons. The number of hydrogen-bond acceptors (Lipinski definition) is 5. The lowest BCUT2D eigenvalue weighted by molar-refractivity contribution is -0.0383. The first-order chi connectivity index (χ1) is 9.88. The monoisotopic (exact) mass is 309 g/mol. The predicted molar refractivity (Wildman–Crippen MR) is 80.3 cm³/mol. The number of carbonyl (C=O) groups is 1. The highest BCUT2D eigenvalue weighted by Gasteiger charge is 2.31. The molecule has 0 aliphatic carbocycles. The molecule has 2 heterocycles. The van der Waals surface area contributed by atoms with Crippen LogP contribution < -0.4 is 5.32 Å². The van der Waals surface area contributed by atoms with Crippen LogP contribution in [-0.4, -0.2) is 41.8 Å². The quantitative estimate of drug-likeness (QED) is 0.893. The Labute approximate surface area is 127 Å². The SMILES string of the molecule is CN(CCO)C(=O)Nc1sc2c(c1C#N)CC(C)(C)OC2. The number of ether oxygens (including phenoxy) is 1. The van der Waals surface area contributed by atoms with Crippen LogP contribution in [0.15, 0.2) is 0 Å². The molecule has 0 bridgehead atoms. The first-order valence-electron chi connectivity index (χ1n) is 6.69. The van der Waals surface area contributed by atoms with E-state index in [0.29, 0.717) is 23.6 Å². The Bertz CT molecular complexity index is 589. The Balaban J connectivity index is 2.25. The Hall–Kier alpha value is -1.62.